The molecule has 0 saturated carbocycles. The van der Waals surface area contributed by atoms with Gasteiger partial charge in [-0.05, 0) is 30.5 Å². The number of fused-ring (bicyclic) bond motifs is 1. The van der Waals surface area contributed by atoms with Crippen LogP contribution in [0.1, 0.15) is 25.3 Å². The summed E-state index contributed by atoms with van der Waals surface area (Å²) in [6, 6.07) is 13.5. The molecule has 0 radical (unpaired) electrons. The Hall–Kier alpha value is -2.11. The van der Waals surface area contributed by atoms with Crippen molar-refractivity contribution >= 4 is 47.0 Å². The van der Waals surface area contributed by atoms with Gasteiger partial charge in [0, 0.05) is 13.0 Å². The second-order valence-electron chi connectivity index (χ2n) is 5.60. The van der Waals surface area contributed by atoms with E-state index in [1.807, 2.05) is 41.0 Å². The lowest BCUT2D eigenvalue weighted by atomic mass is 10.1. The van der Waals surface area contributed by atoms with Crippen LogP contribution < -0.4 is 5.32 Å². The van der Waals surface area contributed by atoms with E-state index in [0.717, 1.165) is 24.0 Å². The lowest BCUT2D eigenvalue weighted by Gasteiger charge is -2.08. The molecule has 0 fully saturated rings. The summed E-state index contributed by atoms with van der Waals surface area (Å²) in [5.74, 6) is 0.470. The molecule has 0 aliphatic carbocycles. The van der Waals surface area contributed by atoms with Crippen molar-refractivity contribution in [2.24, 2.45) is 0 Å². The Balaban J connectivity index is 0.00000225. The van der Waals surface area contributed by atoms with Gasteiger partial charge in [-0.15, -0.1) is 12.4 Å². The zero-order valence-electron chi connectivity index (χ0n) is 13.9. The summed E-state index contributed by atoms with van der Waals surface area (Å²) in [5, 5.41) is 3.32. The molecule has 5 nitrogen and oxygen atoms in total. The van der Waals surface area contributed by atoms with E-state index in [-0.39, 0.29) is 18.3 Å². The van der Waals surface area contributed by atoms with Crippen molar-refractivity contribution in [3.05, 3.63) is 53.2 Å². The van der Waals surface area contributed by atoms with E-state index in [9.17, 15) is 4.79 Å². The third-order valence-corrected chi connectivity index (χ3v) is 3.95. The zero-order valence-corrected chi connectivity index (χ0v) is 15.5. The number of hydrogen-bond donors (Lipinski definition) is 1. The zero-order chi connectivity index (χ0) is 16.9. The van der Waals surface area contributed by atoms with Gasteiger partial charge in [-0.25, -0.2) is 9.97 Å². The fourth-order valence-corrected chi connectivity index (χ4v) is 2.74. The van der Waals surface area contributed by atoms with Crippen LogP contribution in [-0.4, -0.2) is 20.4 Å². The lowest BCUT2D eigenvalue weighted by molar-refractivity contribution is -0.116. The molecular weight excluding hydrogens is 359 g/mol. The molecule has 0 spiro atoms. The lowest BCUT2D eigenvalue weighted by Crippen LogP contribution is -2.16. The van der Waals surface area contributed by atoms with Gasteiger partial charge in [0.05, 0.1) is 0 Å². The van der Waals surface area contributed by atoms with Gasteiger partial charge in [-0.2, -0.15) is 0 Å². The Kier molecular flexibility index (Phi) is 6.79. The number of carbonyl (C=O) groups is 1. The van der Waals surface area contributed by atoms with E-state index in [4.69, 9.17) is 11.6 Å². The number of aromatic nitrogens is 3. The minimum Gasteiger partial charge on any atom is -0.296 e. The molecule has 0 saturated heterocycles. The second kappa shape index (κ2) is 8.83. The van der Waals surface area contributed by atoms with Crippen molar-refractivity contribution < 1.29 is 4.79 Å². The molecule has 1 aromatic carbocycles. The topological polar surface area (TPSA) is 59.8 Å². The Labute approximate surface area is 157 Å². The monoisotopic (exact) mass is 378 g/mol. The van der Waals surface area contributed by atoms with E-state index < -0.39 is 0 Å². The van der Waals surface area contributed by atoms with Gasteiger partial charge >= 0.3 is 0 Å². The summed E-state index contributed by atoms with van der Waals surface area (Å²) in [5.41, 5.74) is 2.57. The number of halogens is 2. The molecule has 25 heavy (non-hydrogen) atoms. The maximum Gasteiger partial charge on any atom is 0.227 e. The maximum absolute atomic E-state index is 12.3. The number of nitrogens with zero attached hydrogens (tertiary/aromatic N) is 3. The van der Waals surface area contributed by atoms with E-state index in [2.05, 4.69) is 22.2 Å². The van der Waals surface area contributed by atoms with Crippen LogP contribution in [-0.2, 0) is 17.8 Å². The predicted octanol–water partition coefficient (Wildman–Crippen LogP) is 4.49. The van der Waals surface area contributed by atoms with E-state index in [1.165, 1.54) is 0 Å². The highest BCUT2D eigenvalue weighted by Gasteiger charge is 2.14. The van der Waals surface area contributed by atoms with Crippen LogP contribution in [0, 0.1) is 0 Å². The number of carbonyl (C=O) groups excluding carboxylic acids is 1. The molecule has 0 unspecified atom stereocenters. The van der Waals surface area contributed by atoms with Crippen molar-refractivity contribution in [1.29, 1.82) is 0 Å². The largest absolute Gasteiger partial charge is 0.296 e. The average molecular weight is 379 g/mol. The predicted molar refractivity (Wildman–Crippen MR) is 103 cm³/mol. The molecule has 1 N–H and O–H groups in total. The number of imidazole rings is 1. The van der Waals surface area contributed by atoms with E-state index in [1.54, 1.807) is 6.07 Å². The summed E-state index contributed by atoms with van der Waals surface area (Å²) >= 11 is 5.98. The molecule has 0 aliphatic heterocycles. The van der Waals surface area contributed by atoms with Crippen LogP contribution in [0.15, 0.2) is 42.5 Å². The summed E-state index contributed by atoms with van der Waals surface area (Å²) < 4.78 is 1.90. The van der Waals surface area contributed by atoms with Crippen LogP contribution in [0.5, 0.6) is 0 Å². The first kappa shape index (κ1) is 19.2. The number of pyridine rings is 1. The van der Waals surface area contributed by atoms with Gasteiger partial charge in [0.1, 0.15) is 10.7 Å². The number of aryl methyl sites for hydroxylation is 2. The molecule has 7 heteroatoms. The Bertz CT molecular complexity index is 849. The number of rotatable bonds is 6. The third-order valence-electron chi connectivity index (χ3n) is 3.74. The van der Waals surface area contributed by atoms with Crippen molar-refractivity contribution in [3.63, 3.8) is 0 Å². The van der Waals surface area contributed by atoms with E-state index in [0.29, 0.717) is 29.6 Å². The quantitative estimate of drug-likeness (QED) is 0.642. The summed E-state index contributed by atoms with van der Waals surface area (Å²) in [7, 11) is 0. The molecule has 2 heterocycles. The van der Waals surface area contributed by atoms with Crippen molar-refractivity contribution in [2.45, 2.75) is 32.7 Å². The molecular formula is C18H20Cl2N4O. The number of amides is 1. The number of hydrogen-bond acceptors (Lipinski definition) is 3. The SMILES string of the molecule is CCCn1c(NC(=O)CCc2ccccc2)nc2ccc(Cl)nc21.Cl. The minimum atomic E-state index is -0.0578. The Morgan fingerprint density at radius 2 is 1.92 bits per heavy atom. The molecule has 3 rings (SSSR count). The summed E-state index contributed by atoms with van der Waals surface area (Å²) in [6.45, 7) is 2.79. The normalized spacial score (nSPS) is 10.5. The molecule has 2 aromatic heterocycles. The van der Waals surface area contributed by atoms with Gasteiger partial charge in [-0.1, -0.05) is 48.9 Å². The first-order valence-electron chi connectivity index (χ1n) is 8.04. The molecule has 0 aliphatic rings. The Morgan fingerprint density at radius 1 is 1.16 bits per heavy atom. The highest BCUT2D eigenvalue weighted by molar-refractivity contribution is 6.29. The molecule has 0 atom stereocenters. The van der Waals surface area contributed by atoms with Crippen molar-refractivity contribution in [2.75, 3.05) is 5.32 Å². The van der Waals surface area contributed by atoms with Gasteiger partial charge < -0.3 is 0 Å². The van der Waals surface area contributed by atoms with Gasteiger partial charge in [0.25, 0.3) is 0 Å². The highest BCUT2D eigenvalue weighted by Crippen LogP contribution is 2.21. The average Bonchev–Trinajstić information content (AvgIpc) is 2.91. The molecule has 132 valence electrons. The first-order valence-corrected chi connectivity index (χ1v) is 8.41. The van der Waals surface area contributed by atoms with Crippen LogP contribution in [0.3, 0.4) is 0 Å². The molecule has 1 amide bonds. The maximum atomic E-state index is 12.3. The number of anilines is 1. The minimum absolute atomic E-state index is 0. The summed E-state index contributed by atoms with van der Waals surface area (Å²) in [6.07, 6.45) is 2.02. The van der Waals surface area contributed by atoms with Gasteiger partial charge in [-0.3, -0.25) is 14.7 Å². The third kappa shape index (κ3) is 4.71. The highest BCUT2D eigenvalue weighted by atomic mass is 35.5. The van der Waals surface area contributed by atoms with Crippen molar-refractivity contribution in [3.8, 4) is 0 Å². The van der Waals surface area contributed by atoms with Gasteiger partial charge in [0.2, 0.25) is 11.9 Å². The number of nitrogens with one attached hydrogen (secondary N) is 1. The Morgan fingerprint density at radius 3 is 2.64 bits per heavy atom. The standard InChI is InChI=1S/C18H19ClN4O.ClH/c1-2-12-23-17-14(9-10-15(19)21-17)20-18(23)22-16(24)11-8-13-6-4-3-5-7-13;/h3-7,9-10H,2,8,11-12H2,1H3,(H,20,22,24);1H. The summed E-state index contributed by atoms with van der Waals surface area (Å²) in [4.78, 5) is 21.1. The van der Waals surface area contributed by atoms with Crippen LogP contribution >= 0.6 is 24.0 Å². The fourth-order valence-electron chi connectivity index (χ4n) is 2.60. The van der Waals surface area contributed by atoms with Crippen molar-refractivity contribution in [1.82, 2.24) is 14.5 Å². The molecule has 3 aromatic rings. The molecule has 0 bridgehead atoms. The second-order valence-corrected chi connectivity index (χ2v) is 5.98. The first-order chi connectivity index (χ1) is 11.7. The van der Waals surface area contributed by atoms with Crippen LogP contribution in [0.25, 0.3) is 11.2 Å². The van der Waals surface area contributed by atoms with E-state index >= 15 is 0 Å². The fraction of sp³-hybridized carbons (Fsp3) is 0.278. The number of benzene rings is 1. The van der Waals surface area contributed by atoms with Gasteiger partial charge in [0.15, 0.2) is 5.65 Å². The van der Waals surface area contributed by atoms with Crippen LogP contribution in [0.2, 0.25) is 5.15 Å². The smallest absolute Gasteiger partial charge is 0.227 e. The van der Waals surface area contributed by atoms with Crippen LogP contribution in [0.4, 0.5) is 5.95 Å².